The molecule has 0 aliphatic heterocycles. The van der Waals surface area contributed by atoms with Gasteiger partial charge in [0.1, 0.15) is 23.3 Å². The number of halogens is 7. The van der Waals surface area contributed by atoms with E-state index in [0.717, 1.165) is 87.6 Å². The second kappa shape index (κ2) is 21.3. The number of rotatable bonds is 6. The molecular formula is C52H43Br2ClF4N8. The molecule has 0 atom stereocenters. The summed E-state index contributed by atoms with van der Waals surface area (Å²) in [5, 5.41) is 4.02. The first kappa shape index (κ1) is 47.4. The minimum atomic E-state index is -0.715. The average Bonchev–Trinajstić information content (AvgIpc) is 3.32. The number of nitrogen functional groups attached to an aromatic ring is 1. The van der Waals surface area contributed by atoms with Gasteiger partial charge in [-0.25, -0.2) is 27.5 Å². The van der Waals surface area contributed by atoms with E-state index in [1.165, 1.54) is 36.5 Å². The van der Waals surface area contributed by atoms with Crippen LogP contribution in [0.1, 0.15) is 73.9 Å². The summed E-state index contributed by atoms with van der Waals surface area (Å²) in [4.78, 5) is 26.5. The highest BCUT2D eigenvalue weighted by Crippen LogP contribution is 2.40. The lowest BCUT2D eigenvalue weighted by Gasteiger charge is -2.20. The van der Waals surface area contributed by atoms with Gasteiger partial charge in [0.2, 0.25) is 0 Å². The standard InChI is InChI=1S/C26H21BrF2N4.C15H9ClF2N2.C11H13BrN2/c1-15-24(20-9-5-6-10-30-20)32-21-13-18(28)12-19(29)23(21)25(15)33-22-11-17(27)14-31-26(22)16-7-3-2-4-8-16;1-8-14(16)13-10(18)6-9(17)7-12(13)20-15(8)11-4-2-3-5-19-11;12-9-6-10(13)11(14-7-9)8-4-2-1-3-5-8/h5-7,9-14H,2-4,8H2,1H3,(H,32,33);2-7H,1H3;4,6-7H,1-3,5,13H2. The molecule has 0 unspecified atom stereocenters. The minimum absolute atomic E-state index is 0.130. The number of allylic oxidation sites excluding steroid dienone is 4. The van der Waals surface area contributed by atoms with Crippen LogP contribution < -0.4 is 11.1 Å². The van der Waals surface area contributed by atoms with Crippen molar-refractivity contribution in [1.82, 2.24) is 29.9 Å². The van der Waals surface area contributed by atoms with Gasteiger partial charge in [0.05, 0.1) is 78.1 Å². The third-order valence-electron chi connectivity index (χ3n) is 11.4. The molecule has 8 aromatic rings. The number of anilines is 3. The zero-order valence-electron chi connectivity index (χ0n) is 36.5. The first-order valence-electron chi connectivity index (χ1n) is 21.7. The molecule has 0 saturated heterocycles. The van der Waals surface area contributed by atoms with Gasteiger partial charge in [-0.05, 0) is 150 Å². The first-order chi connectivity index (χ1) is 32.4. The van der Waals surface area contributed by atoms with Crippen LogP contribution in [-0.4, -0.2) is 29.9 Å². The highest BCUT2D eigenvalue weighted by Gasteiger charge is 2.22. The number of hydrogen-bond donors (Lipinski definition) is 2. The molecule has 0 saturated carbocycles. The molecule has 0 fully saturated rings. The van der Waals surface area contributed by atoms with E-state index in [2.05, 4.69) is 79.2 Å². The normalized spacial score (nSPS) is 13.5. The smallest absolute Gasteiger partial charge is 0.137 e. The van der Waals surface area contributed by atoms with Gasteiger partial charge in [-0.3, -0.25) is 19.9 Å². The van der Waals surface area contributed by atoms with E-state index >= 15 is 4.39 Å². The fourth-order valence-electron chi connectivity index (χ4n) is 8.18. The lowest BCUT2D eigenvalue weighted by molar-refractivity contribution is 0.591. The maximum Gasteiger partial charge on any atom is 0.137 e. The third kappa shape index (κ3) is 10.9. The van der Waals surface area contributed by atoms with Crippen molar-refractivity contribution in [3.05, 3.63) is 169 Å². The van der Waals surface area contributed by atoms with Gasteiger partial charge < -0.3 is 11.1 Å². The molecule has 340 valence electrons. The Morgan fingerprint density at radius 3 is 1.66 bits per heavy atom. The van der Waals surface area contributed by atoms with E-state index in [0.29, 0.717) is 34.0 Å². The van der Waals surface area contributed by atoms with Crippen LogP contribution >= 0.6 is 43.5 Å². The Kier molecular flexibility index (Phi) is 15.0. The topological polar surface area (TPSA) is 115 Å². The molecule has 6 heterocycles. The summed E-state index contributed by atoms with van der Waals surface area (Å²) in [5.41, 5.74) is 16.3. The average molecular weight is 1050 g/mol. The van der Waals surface area contributed by atoms with Crippen molar-refractivity contribution < 1.29 is 17.6 Å². The fraction of sp³-hybridized carbons (Fsp3) is 0.192. The summed E-state index contributed by atoms with van der Waals surface area (Å²) < 4.78 is 58.1. The molecule has 15 heteroatoms. The van der Waals surface area contributed by atoms with Gasteiger partial charge >= 0.3 is 0 Å². The molecule has 2 aliphatic rings. The predicted molar refractivity (Wildman–Crippen MR) is 269 cm³/mol. The summed E-state index contributed by atoms with van der Waals surface area (Å²) >= 11 is 13.1. The lowest BCUT2D eigenvalue weighted by Crippen LogP contribution is -2.05. The maximum atomic E-state index is 15.1. The monoisotopic (exact) mass is 1050 g/mol. The number of nitrogens with two attached hydrogens (primary N) is 1. The first-order valence-corrected chi connectivity index (χ1v) is 23.6. The van der Waals surface area contributed by atoms with Crippen LogP contribution in [0.3, 0.4) is 0 Å². The zero-order chi connectivity index (χ0) is 47.2. The van der Waals surface area contributed by atoms with Crippen molar-refractivity contribution in [2.24, 2.45) is 0 Å². The highest BCUT2D eigenvalue weighted by molar-refractivity contribution is 9.10. The number of nitrogens with one attached hydrogen (secondary N) is 1. The summed E-state index contributed by atoms with van der Waals surface area (Å²) in [5.74, 6) is -2.74. The van der Waals surface area contributed by atoms with Crippen LogP contribution in [0.2, 0.25) is 5.02 Å². The fourth-order valence-corrected chi connectivity index (χ4v) is 9.14. The largest absolute Gasteiger partial charge is 0.397 e. The Balaban J connectivity index is 0.000000151. The SMILES string of the molecule is Cc1c(-c2ccccn2)nc2cc(F)cc(F)c2c1Cl.Cc1c(-c2ccccn2)nc2cc(F)cc(F)c2c1Nc1cc(Br)cnc1C1=CCCCC1.Nc1cc(Br)cnc1C1=CCCCC1. The van der Waals surface area contributed by atoms with Crippen LogP contribution in [0.5, 0.6) is 0 Å². The van der Waals surface area contributed by atoms with Crippen molar-refractivity contribution in [1.29, 1.82) is 0 Å². The van der Waals surface area contributed by atoms with Crippen LogP contribution in [0.25, 0.3) is 55.7 Å². The van der Waals surface area contributed by atoms with Gasteiger partial charge in [-0.1, -0.05) is 35.9 Å². The van der Waals surface area contributed by atoms with Crippen molar-refractivity contribution in [3.8, 4) is 22.8 Å². The quantitative estimate of drug-likeness (QED) is 0.158. The summed E-state index contributed by atoms with van der Waals surface area (Å²) in [7, 11) is 0. The van der Waals surface area contributed by atoms with E-state index in [1.807, 2.05) is 43.3 Å². The third-order valence-corrected chi connectivity index (χ3v) is 12.8. The number of fused-ring (bicyclic) bond motifs is 2. The maximum absolute atomic E-state index is 15.1. The highest BCUT2D eigenvalue weighted by atomic mass is 79.9. The number of pyridine rings is 6. The Bertz CT molecular complexity index is 3190. The lowest BCUT2D eigenvalue weighted by atomic mass is 9.95. The van der Waals surface area contributed by atoms with Crippen molar-refractivity contribution in [2.75, 3.05) is 11.1 Å². The molecule has 67 heavy (non-hydrogen) atoms. The number of hydrogen-bond acceptors (Lipinski definition) is 8. The Morgan fingerprint density at radius 1 is 0.597 bits per heavy atom. The van der Waals surface area contributed by atoms with E-state index < -0.39 is 23.3 Å². The predicted octanol–water partition coefficient (Wildman–Crippen LogP) is 15.7. The second-order valence-electron chi connectivity index (χ2n) is 16.1. The summed E-state index contributed by atoms with van der Waals surface area (Å²) in [6, 6.07) is 18.8. The molecule has 8 nitrogen and oxygen atoms in total. The zero-order valence-corrected chi connectivity index (χ0v) is 40.4. The van der Waals surface area contributed by atoms with Crippen LogP contribution in [0, 0.1) is 37.1 Å². The number of aromatic nitrogens is 6. The van der Waals surface area contributed by atoms with E-state index in [1.54, 1.807) is 43.8 Å². The van der Waals surface area contributed by atoms with E-state index in [4.69, 9.17) is 17.3 Å². The van der Waals surface area contributed by atoms with Crippen molar-refractivity contribution in [3.63, 3.8) is 0 Å². The van der Waals surface area contributed by atoms with Gasteiger partial charge in [0.25, 0.3) is 0 Å². The van der Waals surface area contributed by atoms with E-state index in [-0.39, 0.29) is 26.8 Å². The molecule has 0 amide bonds. The Hall–Kier alpha value is -6.09. The van der Waals surface area contributed by atoms with Crippen molar-refractivity contribution in [2.45, 2.75) is 65.2 Å². The molecule has 2 aliphatic carbocycles. The van der Waals surface area contributed by atoms with Crippen LogP contribution in [-0.2, 0) is 0 Å². The Morgan fingerprint density at radius 2 is 1.12 bits per heavy atom. The molecular weight excluding hydrogens is 1010 g/mol. The number of benzene rings is 2. The van der Waals surface area contributed by atoms with Crippen LogP contribution in [0.15, 0.2) is 119 Å². The molecule has 3 N–H and O–H groups in total. The minimum Gasteiger partial charge on any atom is -0.397 e. The molecule has 0 bridgehead atoms. The van der Waals surface area contributed by atoms with Gasteiger partial charge in [0.15, 0.2) is 0 Å². The summed E-state index contributed by atoms with van der Waals surface area (Å²) in [6.45, 7) is 3.61. The van der Waals surface area contributed by atoms with Gasteiger partial charge in [-0.15, -0.1) is 0 Å². The molecule has 6 aromatic heterocycles. The molecule has 0 spiro atoms. The number of nitrogens with zero attached hydrogens (tertiary/aromatic N) is 6. The molecule has 2 aromatic carbocycles. The second-order valence-corrected chi connectivity index (χ2v) is 18.3. The van der Waals surface area contributed by atoms with E-state index in [9.17, 15) is 13.2 Å². The van der Waals surface area contributed by atoms with Gasteiger partial charge in [0, 0.05) is 63.6 Å². The molecule has 0 radical (unpaired) electrons. The Labute approximate surface area is 407 Å². The molecule has 10 rings (SSSR count). The van der Waals surface area contributed by atoms with Crippen LogP contribution in [0.4, 0.5) is 34.6 Å². The van der Waals surface area contributed by atoms with Gasteiger partial charge in [-0.2, -0.15) is 0 Å². The van der Waals surface area contributed by atoms with Crippen molar-refractivity contribution >= 4 is 93.5 Å². The summed E-state index contributed by atoms with van der Waals surface area (Å²) in [6.07, 6.45) is 20.4.